The molecule has 1 aromatic carbocycles. The van der Waals surface area contributed by atoms with E-state index in [-0.39, 0.29) is 5.56 Å². The van der Waals surface area contributed by atoms with Gasteiger partial charge < -0.3 is 9.53 Å². The van der Waals surface area contributed by atoms with Gasteiger partial charge in [0.25, 0.3) is 0 Å². The third kappa shape index (κ3) is 4.48. The molecule has 0 aliphatic carbocycles. The Morgan fingerprint density at radius 2 is 2.31 bits per heavy atom. The Morgan fingerprint density at radius 1 is 1.69 bits per heavy atom. The van der Waals surface area contributed by atoms with Gasteiger partial charge in [0.2, 0.25) is 5.97 Å². The fraction of sp³-hybridized carbons (Fsp3) is 0.125. The number of carbonyl (C=O) groups excluding carboxylic acids is 1. The Labute approximate surface area is 92.5 Å². The number of benzene rings is 1. The van der Waals surface area contributed by atoms with Gasteiger partial charge in [0.05, 0.1) is 7.11 Å². The summed E-state index contributed by atoms with van der Waals surface area (Å²) in [6, 6.07) is 6.17. The molecule has 0 unspecified atom stereocenters. The number of carbonyl (C=O) groups is 1. The van der Waals surface area contributed by atoms with Gasteiger partial charge in [-0.05, 0) is 0 Å². The Hall–Kier alpha value is -0.277. The standard InChI is InChI=1S/C8H6FO2.BrH.Zn/c1-11-8(10)6-3-2-4-7(9)5-6;;/h2,4-5H,1H3;1H;/q-1;;+2/p-1. The van der Waals surface area contributed by atoms with E-state index < -0.39 is 11.8 Å². The van der Waals surface area contributed by atoms with Crippen LogP contribution in [0.25, 0.3) is 0 Å². The average molecular weight is 298 g/mol. The first kappa shape index (κ1) is 12.7. The van der Waals surface area contributed by atoms with Crippen molar-refractivity contribution in [2.45, 2.75) is 0 Å². The summed E-state index contributed by atoms with van der Waals surface area (Å²) in [5.74, 6) is -1.05. The molecule has 0 N–H and O–H groups in total. The molecule has 2 nitrogen and oxygen atoms in total. The molecule has 66 valence electrons. The maximum atomic E-state index is 12.4. The van der Waals surface area contributed by atoms with E-state index in [4.69, 9.17) is 0 Å². The molecule has 0 heterocycles. The van der Waals surface area contributed by atoms with E-state index in [1.807, 2.05) is 0 Å². The van der Waals surface area contributed by atoms with Crippen LogP contribution in [0, 0.1) is 11.9 Å². The van der Waals surface area contributed by atoms with Crippen LogP contribution in [0.3, 0.4) is 0 Å². The van der Waals surface area contributed by atoms with Crippen molar-refractivity contribution in [3.8, 4) is 0 Å². The van der Waals surface area contributed by atoms with Crippen molar-refractivity contribution in [1.29, 1.82) is 0 Å². The van der Waals surface area contributed by atoms with Crippen LogP contribution >= 0.6 is 13.6 Å². The molecule has 0 saturated carbocycles. The summed E-state index contributed by atoms with van der Waals surface area (Å²) in [5, 5.41) is 0. The SMILES string of the molecule is COC(=O)c1[c-]ccc(F)c1.[Zn+][Br]. The van der Waals surface area contributed by atoms with Crippen LogP contribution in [0.15, 0.2) is 18.2 Å². The summed E-state index contributed by atoms with van der Waals surface area (Å²) in [4.78, 5) is 10.7. The third-order valence-corrected chi connectivity index (χ3v) is 1.17. The van der Waals surface area contributed by atoms with Crippen LogP contribution in [0.4, 0.5) is 4.39 Å². The van der Waals surface area contributed by atoms with Crippen molar-refractivity contribution < 1.29 is 30.3 Å². The average Bonchev–Trinajstić information content (AvgIpc) is 2.20. The molecule has 1 rings (SSSR count). The van der Waals surface area contributed by atoms with Gasteiger partial charge in [0.1, 0.15) is 0 Å². The van der Waals surface area contributed by atoms with E-state index >= 15 is 0 Å². The molecule has 0 spiro atoms. The molecule has 0 atom stereocenters. The van der Waals surface area contributed by atoms with Gasteiger partial charge in [0.15, 0.2) is 0 Å². The second-order valence-corrected chi connectivity index (χ2v) is 1.91. The molecule has 0 aliphatic rings. The van der Waals surface area contributed by atoms with Gasteiger partial charge in [-0.15, -0.1) is 24.3 Å². The first-order valence-corrected chi connectivity index (χ1v) is 10.2. The van der Waals surface area contributed by atoms with Gasteiger partial charge in [-0.25, -0.2) is 4.39 Å². The van der Waals surface area contributed by atoms with Crippen LogP contribution in [0.2, 0.25) is 0 Å². The molecule has 0 bridgehead atoms. The van der Waals surface area contributed by atoms with Crippen molar-refractivity contribution in [1.82, 2.24) is 0 Å². The van der Waals surface area contributed by atoms with Gasteiger partial charge in [-0.3, -0.25) is 0 Å². The zero-order chi connectivity index (χ0) is 10.3. The predicted octanol–water partition coefficient (Wildman–Crippen LogP) is 2.26. The van der Waals surface area contributed by atoms with Crippen LogP contribution < -0.4 is 0 Å². The summed E-state index contributed by atoms with van der Waals surface area (Å²) < 4.78 is 16.8. The second kappa shape index (κ2) is 7.16. The van der Waals surface area contributed by atoms with Crippen molar-refractivity contribution in [3.05, 3.63) is 35.6 Å². The number of rotatable bonds is 1. The zero-order valence-corrected chi connectivity index (χ0v) is 11.6. The van der Waals surface area contributed by atoms with Crippen LogP contribution in [-0.2, 0) is 21.1 Å². The van der Waals surface area contributed by atoms with E-state index in [0.29, 0.717) is 0 Å². The topological polar surface area (TPSA) is 26.3 Å². The minimum atomic E-state index is -0.579. The molecule has 0 aromatic heterocycles. The van der Waals surface area contributed by atoms with Gasteiger partial charge in [-0.2, -0.15) is 0 Å². The molecule has 0 radical (unpaired) electrons. The molecular weight excluding hydrogens is 292 g/mol. The van der Waals surface area contributed by atoms with Gasteiger partial charge >= 0.3 is 30.0 Å². The van der Waals surface area contributed by atoms with Crippen LogP contribution in [-0.4, -0.2) is 13.1 Å². The van der Waals surface area contributed by atoms with E-state index in [2.05, 4.69) is 24.4 Å². The molecule has 0 saturated heterocycles. The molecule has 0 aliphatic heterocycles. The number of esters is 1. The fourth-order valence-corrected chi connectivity index (χ4v) is 0.667. The number of hydrogen-bond acceptors (Lipinski definition) is 2. The monoisotopic (exact) mass is 296 g/mol. The van der Waals surface area contributed by atoms with Gasteiger partial charge in [-0.1, -0.05) is 5.56 Å². The van der Waals surface area contributed by atoms with Crippen molar-refractivity contribution >= 4 is 19.6 Å². The third-order valence-electron chi connectivity index (χ3n) is 1.17. The number of methoxy groups -OCH3 is 1. The normalized spacial score (nSPS) is 8.38. The number of hydrogen-bond donors (Lipinski definition) is 0. The van der Waals surface area contributed by atoms with Gasteiger partial charge in [0, 0.05) is 5.82 Å². The van der Waals surface area contributed by atoms with Crippen molar-refractivity contribution in [2.24, 2.45) is 0 Å². The Bertz CT molecular complexity index is 281. The fourth-order valence-electron chi connectivity index (χ4n) is 0.667. The minimum absolute atomic E-state index is 0.104. The number of halogens is 2. The first-order valence-electron chi connectivity index (χ1n) is 3.26. The van der Waals surface area contributed by atoms with Crippen LogP contribution in [0.1, 0.15) is 10.4 Å². The summed E-state index contributed by atoms with van der Waals surface area (Å²) in [6.45, 7) is 0. The summed E-state index contributed by atoms with van der Waals surface area (Å²) in [6.07, 6.45) is 0. The van der Waals surface area contributed by atoms with Crippen molar-refractivity contribution in [2.75, 3.05) is 7.11 Å². The molecule has 13 heavy (non-hydrogen) atoms. The molecule has 5 heteroatoms. The van der Waals surface area contributed by atoms with E-state index in [0.717, 1.165) is 6.07 Å². The summed E-state index contributed by atoms with van der Waals surface area (Å²) in [7, 11) is 1.24. The first-order chi connectivity index (χ1) is 6.24. The number of ether oxygens (including phenoxy) is 1. The molecule has 0 amide bonds. The van der Waals surface area contributed by atoms with E-state index in [1.165, 1.54) is 35.6 Å². The Morgan fingerprint density at radius 3 is 2.77 bits per heavy atom. The quantitative estimate of drug-likeness (QED) is 0.452. The van der Waals surface area contributed by atoms with E-state index in [9.17, 15) is 9.18 Å². The summed E-state index contributed by atoms with van der Waals surface area (Å²) >= 11 is 4.25. The predicted molar refractivity (Wildman–Crippen MR) is 45.5 cm³/mol. The Kier molecular flexibility index (Phi) is 7.01. The molecule has 0 fully saturated rings. The zero-order valence-electron chi connectivity index (χ0n) is 7.01. The summed E-state index contributed by atoms with van der Waals surface area (Å²) in [5.41, 5.74) is 0.104. The maximum absolute atomic E-state index is 12.4. The Balaban J connectivity index is 0.000000671. The molecule has 1 aromatic rings. The second-order valence-electron chi connectivity index (χ2n) is 1.91. The van der Waals surface area contributed by atoms with E-state index in [1.54, 1.807) is 0 Å². The van der Waals surface area contributed by atoms with Crippen LogP contribution in [0.5, 0.6) is 0 Å². The molecular formula is C8H6BrFO2Zn. The van der Waals surface area contributed by atoms with Crippen molar-refractivity contribution in [3.63, 3.8) is 0 Å².